The van der Waals surface area contributed by atoms with Gasteiger partial charge in [-0.2, -0.15) is 5.10 Å². The first-order chi connectivity index (χ1) is 14.6. The van der Waals surface area contributed by atoms with Gasteiger partial charge in [0.25, 0.3) is 5.91 Å². The van der Waals surface area contributed by atoms with E-state index < -0.39 is 5.91 Å². The van der Waals surface area contributed by atoms with Gasteiger partial charge in [-0.3, -0.25) is 15.1 Å². The molecule has 1 aliphatic rings. The maximum Gasteiger partial charge on any atom is 0.298 e. The van der Waals surface area contributed by atoms with Crippen molar-refractivity contribution in [2.75, 3.05) is 26.2 Å². The van der Waals surface area contributed by atoms with Crippen LogP contribution in [0.2, 0.25) is 0 Å². The van der Waals surface area contributed by atoms with Crippen LogP contribution in [-0.4, -0.2) is 63.6 Å². The van der Waals surface area contributed by atoms with E-state index in [0.717, 1.165) is 36.6 Å². The van der Waals surface area contributed by atoms with Crippen LogP contribution in [0.4, 0.5) is 4.39 Å². The molecular weight excluding hydrogens is 387 g/mol. The van der Waals surface area contributed by atoms with Gasteiger partial charge in [-0.05, 0) is 49.6 Å². The fraction of sp³-hybridized carbons (Fsp3) is 0.364. The highest BCUT2D eigenvalue weighted by Gasteiger charge is 2.29. The lowest BCUT2D eigenvalue weighted by molar-refractivity contribution is -0.101. The molecule has 1 saturated heterocycles. The minimum Gasteiger partial charge on any atom is -0.494 e. The van der Waals surface area contributed by atoms with Gasteiger partial charge in [0.1, 0.15) is 11.6 Å². The fourth-order valence-electron chi connectivity index (χ4n) is 3.80. The summed E-state index contributed by atoms with van der Waals surface area (Å²) < 4.78 is 18.5. The summed E-state index contributed by atoms with van der Waals surface area (Å²) in [7, 11) is 0. The number of benzene rings is 2. The number of likely N-dealkylation sites (tertiary alicyclic amines) is 1. The molecule has 1 aliphatic heterocycles. The third-order valence-corrected chi connectivity index (χ3v) is 5.49. The van der Waals surface area contributed by atoms with Crippen molar-refractivity contribution >= 4 is 16.8 Å². The second-order valence-corrected chi connectivity index (χ2v) is 7.50. The Morgan fingerprint density at radius 3 is 2.70 bits per heavy atom. The smallest absolute Gasteiger partial charge is 0.298 e. The van der Waals surface area contributed by atoms with Crippen molar-refractivity contribution < 1.29 is 19.1 Å². The van der Waals surface area contributed by atoms with Gasteiger partial charge in [0.15, 0.2) is 5.69 Å². The minimum absolute atomic E-state index is 0.223. The van der Waals surface area contributed by atoms with E-state index in [2.05, 4.69) is 15.1 Å². The van der Waals surface area contributed by atoms with Crippen LogP contribution < -0.4 is 4.74 Å². The molecule has 4 rings (SSSR count). The van der Waals surface area contributed by atoms with Gasteiger partial charge in [0, 0.05) is 25.0 Å². The van der Waals surface area contributed by atoms with Crippen molar-refractivity contribution in [2.45, 2.75) is 25.3 Å². The molecule has 3 aromatic rings. The van der Waals surface area contributed by atoms with Crippen LogP contribution >= 0.6 is 0 Å². The molecule has 0 aliphatic carbocycles. The van der Waals surface area contributed by atoms with Crippen LogP contribution in [0.3, 0.4) is 0 Å². The Hall–Kier alpha value is -2.97. The Bertz CT molecular complexity index is 983. The maximum atomic E-state index is 12.9. The molecule has 0 bridgehead atoms. The number of hydrogen-bond donors (Lipinski definition) is 2. The van der Waals surface area contributed by atoms with Gasteiger partial charge >= 0.3 is 0 Å². The van der Waals surface area contributed by atoms with Crippen molar-refractivity contribution in [1.29, 1.82) is 0 Å². The number of carbonyl (C=O) groups is 1. The normalized spacial score (nSPS) is 15.4. The first-order valence-corrected chi connectivity index (χ1v) is 10.2. The largest absolute Gasteiger partial charge is 0.494 e. The van der Waals surface area contributed by atoms with Crippen LogP contribution in [0.5, 0.6) is 5.75 Å². The van der Waals surface area contributed by atoms with Crippen molar-refractivity contribution in [3.05, 3.63) is 60.0 Å². The maximum absolute atomic E-state index is 12.9. The summed E-state index contributed by atoms with van der Waals surface area (Å²) in [6.07, 6.45) is 2.25. The van der Waals surface area contributed by atoms with Gasteiger partial charge in [-0.25, -0.2) is 9.45 Å². The topological polar surface area (TPSA) is 81.7 Å². The lowest BCUT2D eigenvalue weighted by Crippen LogP contribution is -2.46. The van der Waals surface area contributed by atoms with Gasteiger partial charge in [-0.15, -0.1) is 0 Å². The number of halogens is 1. The molecule has 2 heterocycles. The number of nitrogens with one attached hydrogen (secondary N) is 1. The predicted octanol–water partition coefficient (Wildman–Crippen LogP) is 3.47. The third-order valence-electron chi connectivity index (χ3n) is 5.49. The van der Waals surface area contributed by atoms with Gasteiger partial charge in [0.05, 0.1) is 18.2 Å². The van der Waals surface area contributed by atoms with Gasteiger partial charge in [-0.1, -0.05) is 18.2 Å². The summed E-state index contributed by atoms with van der Waals surface area (Å²) in [6, 6.07) is 13.2. The number of amides is 1. The molecular formula is C22H25FN4O3. The van der Waals surface area contributed by atoms with Gasteiger partial charge in [0.2, 0.25) is 0 Å². The Kier molecular flexibility index (Phi) is 6.25. The highest BCUT2D eigenvalue weighted by molar-refractivity contribution is 6.04. The first-order valence-electron chi connectivity index (χ1n) is 10.2. The summed E-state index contributed by atoms with van der Waals surface area (Å²) in [4.78, 5) is 15.0. The molecule has 30 heavy (non-hydrogen) atoms. The Balaban J connectivity index is 1.22. The molecule has 1 fully saturated rings. The zero-order valence-electron chi connectivity index (χ0n) is 16.6. The van der Waals surface area contributed by atoms with Gasteiger partial charge < -0.3 is 9.64 Å². The molecule has 0 radical (unpaired) electrons. The van der Waals surface area contributed by atoms with Crippen LogP contribution in [-0.2, 0) is 0 Å². The molecule has 0 saturated carbocycles. The van der Waals surface area contributed by atoms with E-state index in [9.17, 15) is 14.4 Å². The molecule has 158 valence electrons. The molecule has 7 nitrogen and oxygen atoms in total. The number of aromatic amines is 1. The Morgan fingerprint density at radius 1 is 1.20 bits per heavy atom. The number of rotatable bonds is 7. The van der Waals surface area contributed by atoms with Crippen molar-refractivity contribution in [3.8, 4) is 5.75 Å². The van der Waals surface area contributed by atoms with E-state index >= 15 is 0 Å². The Morgan fingerprint density at radius 2 is 1.93 bits per heavy atom. The first kappa shape index (κ1) is 20.3. The average molecular weight is 412 g/mol. The molecule has 0 atom stereocenters. The predicted molar refractivity (Wildman–Crippen MR) is 110 cm³/mol. The van der Waals surface area contributed by atoms with Crippen LogP contribution in [0.15, 0.2) is 48.5 Å². The number of para-hydroxylation sites is 1. The highest BCUT2D eigenvalue weighted by atomic mass is 19.1. The SMILES string of the molecule is O=C(c1n[nH]c2ccccc12)N(O)C1CCN(CCCOc2ccc(F)cc2)CC1. The number of fused-ring (bicyclic) bond motifs is 1. The summed E-state index contributed by atoms with van der Waals surface area (Å²) in [5.41, 5.74) is 1.01. The molecule has 1 amide bonds. The quantitative estimate of drug-likeness (QED) is 0.353. The van der Waals surface area contributed by atoms with E-state index in [-0.39, 0.29) is 17.6 Å². The molecule has 0 unspecified atom stereocenters. The second kappa shape index (κ2) is 9.23. The van der Waals surface area contributed by atoms with Crippen molar-refractivity contribution in [1.82, 2.24) is 20.2 Å². The zero-order valence-corrected chi connectivity index (χ0v) is 16.6. The standard InChI is InChI=1S/C22H25FN4O3/c23-16-6-8-18(9-7-16)30-15-3-12-26-13-10-17(11-14-26)27(29)22(28)21-19-4-1-2-5-20(19)24-25-21/h1-2,4-9,17,29H,3,10-15H2,(H,24,25). The summed E-state index contributed by atoms with van der Waals surface area (Å²) in [5, 5.41) is 19.0. The number of piperidine rings is 1. The van der Waals surface area contributed by atoms with Crippen LogP contribution in [0, 0.1) is 5.82 Å². The average Bonchev–Trinajstić information content (AvgIpc) is 3.21. The number of nitrogens with zero attached hydrogens (tertiary/aromatic N) is 3. The van der Waals surface area contributed by atoms with E-state index in [0.29, 0.717) is 30.6 Å². The molecule has 1 aromatic heterocycles. The van der Waals surface area contributed by atoms with Crippen molar-refractivity contribution in [3.63, 3.8) is 0 Å². The highest BCUT2D eigenvalue weighted by Crippen LogP contribution is 2.21. The van der Waals surface area contributed by atoms with Crippen LogP contribution in [0.1, 0.15) is 29.8 Å². The third kappa shape index (κ3) is 4.60. The number of ether oxygens (including phenoxy) is 1. The molecule has 8 heteroatoms. The fourth-order valence-corrected chi connectivity index (χ4v) is 3.80. The molecule has 0 spiro atoms. The second-order valence-electron chi connectivity index (χ2n) is 7.50. The van der Waals surface area contributed by atoms with E-state index in [1.54, 1.807) is 12.1 Å². The van der Waals surface area contributed by atoms with E-state index in [4.69, 9.17) is 4.74 Å². The lowest BCUT2D eigenvalue weighted by atomic mass is 10.0. The van der Waals surface area contributed by atoms with Crippen LogP contribution in [0.25, 0.3) is 10.9 Å². The zero-order chi connectivity index (χ0) is 20.9. The molecule has 2 N–H and O–H groups in total. The van der Waals surface area contributed by atoms with E-state index in [1.807, 2.05) is 24.3 Å². The summed E-state index contributed by atoms with van der Waals surface area (Å²) in [5.74, 6) is -0.0869. The number of H-pyrrole nitrogens is 1. The summed E-state index contributed by atoms with van der Waals surface area (Å²) >= 11 is 0. The number of aromatic nitrogens is 2. The lowest BCUT2D eigenvalue weighted by Gasteiger charge is -2.35. The number of hydrogen-bond acceptors (Lipinski definition) is 5. The van der Waals surface area contributed by atoms with E-state index in [1.165, 1.54) is 12.1 Å². The minimum atomic E-state index is -0.474. The Labute approximate surface area is 174 Å². The molecule has 2 aromatic carbocycles. The van der Waals surface area contributed by atoms with Crippen molar-refractivity contribution in [2.24, 2.45) is 0 Å². The monoisotopic (exact) mass is 412 g/mol. The summed E-state index contributed by atoms with van der Waals surface area (Å²) in [6.45, 7) is 3.03. The number of carbonyl (C=O) groups excluding carboxylic acids is 1. The number of hydroxylamine groups is 2.